The van der Waals surface area contributed by atoms with Crippen LogP contribution in [0.25, 0.3) is 0 Å². The van der Waals surface area contributed by atoms with Crippen molar-refractivity contribution in [3.8, 4) is 11.8 Å². The van der Waals surface area contributed by atoms with E-state index in [-0.39, 0.29) is 12.0 Å². The Morgan fingerprint density at radius 2 is 1.58 bits per heavy atom. The number of carbonyl (C=O) groups is 2. The summed E-state index contributed by atoms with van der Waals surface area (Å²) < 4.78 is 6.31. The van der Waals surface area contributed by atoms with Gasteiger partial charge >= 0.3 is 6.09 Å². The maximum Gasteiger partial charge on any atom is 0.410 e. The van der Waals surface area contributed by atoms with Crippen LogP contribution >= 0.6 is 15.9 Å². The zero-order valence-corrected chi connectivity index (χ0v) is 15.7. The van der Waals surface area contributed by atoms with Gasteiger partial charge in [-0.1, -0.05) is 21.9 Å². The molecule has 2 rings (SSSR count). The van der Waals surface area contributed by atoms with Gasteiger partial charge < -0.3 is 14.5 Å². The third-order valence-electron chi connectivity index (χ3n) is 3.38. The number of amides is 2. The van der Waals surface area contributed by atoms with E-state index in [9.17, 15) is 9.59 Å². The minimum absolute atomic E-state index is 0.221. The van der Waals surface area contributed by atoms with Crippen LogP contribution in [-0.4, -0.2) is 53.6 Å². The van der Waals surface area contributed by atoms with Gasteiger partial charge in [0.2, 0.25) is 0 Å². The van der Waals surface area contributed by atoms with Crippen LogP contribution in [0.4, 0.5) is 4.79 Å². The molecule has 6 heteroatoms. The summed E-state index contributed by atoms with van der Waals surface area (Å²) in [5.41, 5.74) is 0.277. The normalized spacial score (nSPS) is 14.7. The van der Waals surface area contributed by atoms with Crippen LogP contribution < -0.4 is 0 Å². The first-order valence-corrected chi connectivity index (χ1v) is 8.58. The summed E-state index contributed by atoms with van der Waals surface area (Å²) in [4.78, 5) is 27.4. The molecule has 0 N–H and O–H groups in total. The standard InChI is InChI=1S/C18H21BrN2O3/c1-18(2,3)24-17(23)21-12-10-20(11-13-21)16(22)9-6-14-4-7-15(19)8-5-14/h4-5,7-8H,10-13H2,1-3H3. The molecule has 1 saturated heterocycles. The lowest BCUT2D eigenvalue weighted by Crippen LogP contribution is -2.51. The van der Waals surface area contributed by atoms with Crippen molar-refractivity contribution in [3.05, 3.63) is 34.3 Å². The fourth-order valence-electron chi connectivity index (χ4n) is 2.16. The first-order chi connectivity index (χ1) is 11.2. The summed E-state index contributed by atoms with van der Waals surface area (Å²) in [6, 6.07) is 7.47. The van der Waals surface area contributed by atoms with Crippen molar-refractivity contribution in [1.29, 1.82) is 0 Å². The van der Waals surface area contributed by atoms with Crippen LogP contribution in [0.2, 0.25) is 0 Å². The molecule has 128 valence electrons. The molecule has 5 nitrogen and oxygen atoms in total. The number of benzene rings is 1. The van der Waals surface area contributed by atoms with Gasteiger partial charge in [-0.05, 0) is 45.0 Å². The third-order valence-corrected chi connectivity index (χ3v) is 3.91. The van der Waals surface area contributed by atoms with Gasteiger partial charge in [-0.3, -0.25) is 4.79 Å². The predicted octanol–water partition coefficient (Wildman–Crippen LogP) is 2.88. The zero-order valence-electron chi connectivity index (χ0n) is 14.1. The number of hydrogen-bond donors (Lipinski definition) is 0. The number of nitrogens with zero attached hydrogens (tertiary/aromatic N) is 2. The summed E-state index contributed by atoms with van der Waals surface area (Å²) >= 11 is 3.36. The van der Waals surface area contributed by atoms with Gasteiger partial charge in [0.05, 0.1) is 0 Å². The van der Waals surface area contributed by atoms with Crippen molar-refractivity contribution in [2.45, 2.75) is 26.4 Å². The lowest BCUT2D eigenvalue weighted by Gasteiger charge is -2.34. The van der Waals surface area contributed by atoms with Crippen LogP contribution in [0.3, 0.4) is 0 Å². The van der Waals surface area contributed by atoms with E-state index in [2.05, 4.69) is 27.8 Å². The molecule has 1 aromatic rings. The summed E-state index contributed by atoms with van der Waals surface area (Å²) in [5, 5.41) is 0. The summed E-state index contributed by atoms with van der Waals surface area (Å²) in [5.74, 6) is 5.30. The molecule has 1 fully saturated rings. The molecule has 0 aliphatic carbocycles. The topological polar surface area (TPSA) is 49.9 Å². The molecule has 0 atom stereocenters. The lowest BCUT2D eigenvalue weighted by atomic mass is 10.2. The van der Waals surface area contributed by atoms with E-state index in [1.807, 2.05) is 45.0 Å². The van der Waals surface area contributed by atoms with Gasteiger partial charge in [-0.2, -0.15) is 0 Å². The van der Waals surface area contributed by atoms with Crippen LogP contribution in [0.1, 0.15) is 26.3 Å². The lowest BCUT2D eigenvalue weighted by molar-refractivity contribution is -0.126. The largest absolute Gasteiger partial charge is 0.444 e. The van der Waals surface area contributed by atoms with E-state index in [1.54, 1.807) is 9.80 Å². The number of carbonyl (C=O) groups excluding carboxylic acids is 2. The average molecular weight is 393 g/mol. The van der Waals surface area contributed by atoms with Crippen LogP contribution in [-0.2, 0) is 9.53 Å². The Bertz CT molecular complexity index is 660. The predicted molar refractivity (Wildman–Crippen MR) is 95.4 cm³/mol. The molecule has 0 bridgehead atoms. The Balaban J connectivity index is 1.87. The fourth-order valence-corrected chi connectivity index (χ4v) is 2.42. The second-order valence-electron chi connectivity index (χ2n) is 6.52. The Morgan fingerprint density at radius 3 is 2.12 bits per heavy atom. The molecule has 24 heavy (non-hydrogen) atoms. The quantitative estimate of drug-likeness (QED) is 0.637. The van der Waals surface area contributed by atoms with Gasteiger partial charge in [0, 0.05) is 42.1 Å². The van der Waals surface area contributed by atoms with Crippen molar-refractivity contribution >= 4 is 27.9 Å². The molecule has 1 aliphatic heterocycles. The van der Waals surface area contributed by atoms with Gasteiger partial charge in [-0.25, -0.2) is 4.79 Å². The van der Waals surface area contributed by atoms with E-state index in [1.165, 1.54) is 0 Å². The maximum absolute atomic E-state index is 12.2. The molecule has 0 aromatic heterocycles. The summed E-state index contributed by atoms with van der Waals surface area (Å²) in [6.45, 7) is 7.36. The molecular formula is C18H21BrN2O3. The molecule has 1 heterocycles. The van der Waals surface area contributed by atoms with Crippen molar-refractivity contribution in [2.24, 2.45) is 0 Å². The maximum atomic E-state index is 12.2. The van der Waals surface area contributed by atoms with Gasteiger partial charge in [0.15, 0.2) is 0 Å². The molecular weight excluding hydrogens is 372 g/mol. The minimum Gasteiger partial charge on any atom is -0.444 e. The Morgan fingerprint density at radius 1 is 1.04 bits per heavy atom. The van der Waals surface area contributed by atoms with Crippen LogP contribution in [0, 0.1) is 11.8 Å². The molecule has 1 aliphatic rings. The fraction of sp³-hybridized carbons (Fsp3) is 0.444. The van der Waals surface area contributed by atoms with Gasteiger partial charge in [-0.15, -0.1) is 0 Å². The molecule has 2 amide bonds. The van der Waals surface area contributed by atoms with Crippen LogP contribution in [0.15, 0.2) is 28.7 Å². The summed E-state index contributed by atoms with van der Waals surface area (Å²) in [7, 11) is 0. The molecule has 0 spiro atoms. The van der Waals surface area contributed by atoms with E-state index < -0.39 is 5.60 Å². The molecule has 0 saturated carbocycles. The number of halogens is 1. The highest BCUT2D eigenvalue weighted by molar-refractivity contribution is 9.10. The van der Waals surface area contributed by atoms with E-state index >= 15 is 0 Å². The average Bonchev–Trinajstić information content (AvgIpc) is 2.52. The Hall–Kier alpha value is -2.00. The minimum atomic E-state index is -0.514. The highest BCUT2D eigenvalue weighted by Gasteiger charge is 2.27. The van der Waals surface area contributed by atoms with Crippen molar-refractivity contribution in [2.75, 3.05) is 26.2 Å². The first-order valence-electron chi connectivity index (χ1n) is 7.79. The van der Waals surface area contributed by atoms with E-state index in [4.69, 9.17) is 4.74 Å². The molecule has 1 aromatic carbocycles. The number of rotatable bonds is 0. The zero-order chi connectivity index (χ0) is 17.7. The second kappa shape index (κ2) is 7.71. The van der Waals surface area contributed by atoms with Crippen molar-refractivity contribution < 1.29 is 14.3 Å². The second-order valence-corrected chi connectivity index (χ2v) is 7.43. The van der Waals surface area contributed by atoms with Crippen molar-refractivity contribution in [3.63, 3.8) is 0 Å². The number of hydrogen-bond acceptors (Lipinski definition) is 3. The van der Waals surface area contributed by atoms with Gasteiger partial charge in [0.25, 0.3) is 5.91 Å². The SMILES string of the molecule is CC(C)(C)OC(=O)N1CCN(C(=O)C#Cc2ccc(Br)cc2)CC1. The first kappa shape index (κ1) is 18.3. The summed E-state index contributed by atoms with van der Waals surface area (Å²) in [6.07, 6.45) is -0.337. The monoisotopic (exact) mass is 392 g/mol. The Kier molecular flexibility index (Phi) is 5.89. The Labute approximate surface area is 151 Å². The number of piperazine rings is 1. The smallest absolute Gasteiger partial charge is 0.410 e. The van der Waals surface area contributed by atoms with Crippen molar-refractivity contribution in [1.82, 2.24) is 9.80 Å². The molecule has 0 radical (unpaired) electrons. The van der Waals surface area contributed by atoms with Crippen LogP contribution in [0.5, 0.6) is 0 Å². The molecule has 0 unspecified atom stereocenters. The highest BCUT2D eigenvalue weighted by atomic mass is 79.9. The third kappa shape index (κ3) is 5.57. The van der Waals surface area contributed by atoms with E-state index in [0.717, 1.165) is 10.0 Å². The van der Waals surface area contributed by atoms with Gasteiger partial charge in [0.1, 0.15) is 5.60 Å². The van der Waals surface area contributed by atoms with E-state index in [0.29, 0.717) is 26.2 Å². The number of ether oxygens (including phenoxy) is 1. The highest BCUT2D eigenvalue weighted by Crippen LogP contribution is 2.12.